The van der Waals surface area contributed by atoms with E-state index in [9.17, 15) is 14.9 Å². The zero-order valence-electron chi connectivity index (χ0n) is 16.3. The summed E-state index contributed by atoms with van der Waals surface area (Å²) >= 11 is 0. The summed E-state index contributed by atoms with van der Waals surface area (Å²) in [5, 5.41) is 10.9. The Hall–Kier alpha value is -2.22. The number of anilines is 1. The quantitative estimate of drug-likeness (QED) is 0.579. The maximum atomic E-state index is 12.6. The Morgan fingerprint density at radius 1 is 1.22 bits per heavy atom. The number of piperazine rings is 1. The normalized spacial score (nSPS) is 19.3. The number of nitro groups is 1. The van der Waals surface area contributed by atoms with Crippen LogP contribution in [0.15, 0.2) is 12.3 Å². The van der Waals surface area contributed by atoms with Crippen molar-refractivity contribution in [3.63, 3.8) is 0 Å². The molecule has 0 bridgehead atoms. The summed E-state index contributed by atoms with van der Waals surface area (Å²) in [6, 6.07) is 1.79. The summed E-state index contributed by atoms with van der Waals surface area (Å²) in [4.78, 5) is 33.9. The molecule has 2 saturated heterocycles. The lowest BCUT2D eigenvalue weighted by molar-refractivity contribution is -0.385. The number of piperidine rings is 1. The predicted octanol–water partition coefficient (Wildman–Crippen LogP) is 2.07. The molecule has 0 spiro atoms. The van der Waals surface area contributed by atoms with Gasteiger partial charge >= 0.3 is 0 Å². The summed E-state index contributed by atoms with van der Waals surface area (Å²) < 4.78 is 0. The number of likely N-dealkylation sites (N-methyl/N-ethyl adjacent to an activating group) is 1. The van der Waals surface area contributed by atoms with E-state index >= 15 is 0 Å². The van der Waals surface area contributed by atoms with Crippen molar-refractivity contribution in [2.24, 2.45) is 5.92 Å². The van der Waals surface area contributed by atoms with E-state index in [4.69, 9.17) is 0 Å². The molecule has 8 heteroatoms. The molecule has 0 unspecified atom stereocenters. The number of aryl methyl sites for hydroxylation is 1. The van der Waals surface area contributed by atoms with Crippen molar-refractivity contribution in [1.29, 1.82) is 0 Å². The van der Waals surface area contributed by atoms with Gasteiger partial charge in [0.25, 0.3) is 5.69 Å². The molecule has 3 heterocycles. The Kier molecular flexibility index (Phi) is 6.26. The molecule has 8 nitrogen and oxygen atoms in total. The summed E-state index contributed by atoms with van der Waals surface area (Å²) in [6.07, 6.45) is 3.89. The monoisotopic (exact) mass is 375 g/mol. The predicted molar refractivity (Wildman–Crippen MR) is 104 cm³/mol. The number of hydrogen-bond acceptors (Lipinski definition) is 6. The number of carbonyl (C=O) groups is 1. The standard InChI is InChI=1S/C19H29N5O3/c1-3-21-8-10-23(11-9-21)19(25)13-16-4-6-22(7-5-16)18-12-15(2)17(14-20-18)24(26)27/h12,14,16H,3-11,13H2,1-2H3. The van der Waals surface area contributed by atoms with E-state index in [2.05, 4.69) is 21.7 Å². The molecule has 2 aliphatic rings. The molecule has 1 amide bonds. The molecule has 0 N–H and O–H groups in total. The SMILES string of the molecule is CCN1CCN(C(=O)CC2CCN(c3cc(C)c([N+](=O)[O-])cn3)CC2)CC1. The van der Waals surface area contributed by atoms with Crippen LogP contribution in [-0.2, 0) is 4.79 Å². The van der Waals surface area contributed by atoms with Crippen LogP contribution in [0.2, 0.25) is 0 Å². The Morgan fingerprint density at radius 2 is 1.89 bits per heavy atom. The molecule has 0 aromatic carbocycles. The molecule has 27 heavy (non-hydrogen) atoms. The average Bonchev–Trinajstić information content (AvgIpc) is 2.68. The highest BCUT2D eigenvalue weighted by Gasteiger charge is 2.26. The maximum Gasteiger partial charge on any atom is 0.290 e. The van der Waals surface area contributed by atoms with E-state index in [1.165, 1.54) is 6.20 Å². The van der Waals surface area contributed by atoms with E-state index in [1.54, 1.807) is 13.0 Å². The first kappa shape index (κ1) is 19.5. The van der Waals surface area contributed by atoms with Gasteiger partial charge in [0, 0.05) is 51.3 Å². The molecule has 1 aromatic heterocycles. The van der Waals surface area contributed by atoms with Crippen molar-refractivity contribution < 1.29 is 9.72 Å². The average molecular weight is 375 g/mol. The topological polar surface area (TPSA) is 82.8 Å². The third kappa shape index (κ3) is 4.74. The van der Waals surface area contributed by atoms with Crippen LogP contribution in [0.1, 0.15) is 31.7 Å². The first-order valence-electron chi connectivity index (χ1n) is 9.84. The summed E-state index contributed by atoms with van der Waals surface area (Å²) in [5.41, 5.74) is 0.691. The fourth-order valence-electron chi connectivity index (χ4n) is 3.95. The largest absolute Gasteiger partial charge is 0.357 e. The lowest BCUT2D eigenvalue weighted by Gasteiger charge is -2.36. The number of carbonyl (C=O) groups excluding carboxylic acids is 1. The smallest absolute Gasteiger partial charge is 0.290 e. The Labute approximate surface area is 160 Å². The van der Waals surface area contributed by atoms with Gasteiger partial charge in [0.1, 0.15) is 12.0 Å². The van der Waals surface area contributed by atoms with Gasteiger partial charge in [-0.25, -0.2) is 4.98 Å². The highest BCUT2D eigenvalue weighted by Crippen LogP contribution is 2.27. The van der Waals surface area contributed by atoms with Gasteiger partial charge < -0.3 is 14.7 Å². The van der Waals surface area contributed by atoms with Gasteiger partial charge in [0.2, 0.25) is 5.91 Å². The number of nitrogens with zero attached hydrogens (tertiary/aromatic N) is 5. The van der Waals surface area contributed by atoms with Gasteiger partial charge in [-0.1, -0.05) is 6.92 Å². The molecule has 148 valence electrons. The van der Waals surface area contributed by atoms with Gasteiger partial charge in [-0.2, -0.15) is 0 Å². The molecular formula is C19H29N5O3. The van der Waals surface area contributed by atoms with Gasteiger partial charge in [-0.05, 0) is 38.3 Å². The van der Waals surface area contributed by atoms with Crippen LogP contribution in [0.25, 0.3) is 0 Å². The molecule has 2 aliphatic heterocycles. The van der Waals surface area contributed by atoms with Gasteiger partial charge in [0.05, 0.1) is 4.92 Å². The van der Waals surface area contributed by atoms with Crippen LogP contribution >= 0.6 is 0 Å². The van der Waals surface area contributed by atoms with Gasteiger partial charge in [0.15, 0.2) is 0 Å². The van der Waals surface area contributed by atoms with Gasteiger partial charge in [-0.3, -0.25) is 14.9 Å². The minimum absolute atomic E-state index is 0.0578. The molecular weight excluding hydrogens is 346 g/mol. The summed E-state index contributed by atoms with van der Waals surface area (Å²) in [7, 11) is 0. The first-order chi connectivity index (χ1) is 13.0. The van der Waals surface area contributed by atoms with Crippen molar-refractivity contribution in [3.05, 3.63) is 27.9 Å². The zero-order valence-corrected chi connectivity index (χ0v) is 16.3. The Morgan fingerprint density at radius 3 is 2.44 bits per heavy atom. The van der Waals surface area contributed by atoms with Crippen LogP contribution in [0.3, 0.4) is 0 Å². The minimum atomic E-state index is -0.399. The first-order valence-corrected chi connectivity index (χ1v) is 9.84. The van der Waals surface area contributed by atoms with Gasteiger partial charge in [-0.15, -0.1) is 0 Å². The lowest BCUT2D eigenvalue weighted by atomic mass is 9.92. The highest BCUT2D eigenvalue weighted by molar-refractivity contribution is 5.76. The molecule has 0 aliphatic carbocycles. The van der Waals surface area contributed by atoms with Crippen LogP contribution in [0.4, 0.5) is 11.5 Å². The highest BCUT2D eigenvalue weighted by atomic mass is 16.6. The fourth-order valence-corrected chi connectivity index (χ4v) is 3.95. The second kappa shape index (κ2) is 8.65. The minimum Gasteiger partial charge on any atom is -0.357 e. The molecule has 0 saturated carbocycles. The van der Waals surface area contributed by atoms with Crippen molar-refractivity contribution in [2.75, 3.05) is 50.7 Å². The number of aromatic nitrogens is 1. The van der Waals surface area contributed by atoms with Crippen LogP contribution in [0, 0.1) is 23.0 Å². The van der Waals surface area contributed by atoms with Crippen LogP contribution in [0.5, 0.6) is 0 Å². The third-order valence-corrected chi connectivity index (χ3v) is 5.84. The summed E-state index contributed by atoms with van der Waals surface area (Å²) in [5.74, 6) is 1.49. The Bertz CT molecular complexity index is 680. The maximum absolute atomic E-state index is 12.6. The van der Waals surface area contributed by atoms with E-state index < -0.39 is 4.92 Å². The second-order valence-corrected chi connectivity index (χ2v) is 7.54. The lowest BCUT2D eigenvalue weighted by Crippen LogP contribution is -2.49. The van der Waals surface area contributed by atoms with Crippen LogP contribution < -0.4 is 4.90 Å². The van der Waals surface area contributed by atoms with Crippen molar-refractivity contribution in [1.82, 2.24) is 14.8 Å². The van der Waals surface area contributed by atoms with Crippen molar-refractivity contribution in [3.8, 4) is 0 Å². The second-order valence-electron chi connectivity index (χ2n) is 7.54. The molecule has 0 atom stereocenters. The number of hydrogen-bond donors (Lipinski definition) is 0. The number of amides is 1. The van der Waals surface area contributed by atoms with E-state index in [1.807, 2.05) is 4.90 Å². The summed E-state index contributed by atoms with van der Waals surface area (Å²) in [6.45, 7) is 10.3. The zero-order chi connectivity index (χ0) is 19.4. The van der Waals surface area contributed by atoms with E-state index in [0.717, 1.165) is 64.5 Å². The fraction of sp³-hybridized carbons (Fsp3) is 0.684. The van der Waals surface area contributed by atoms with Crippen molar-refractivity contribution >= 4 is 17.4 Å². The number of pyridine rings is 1. The molecule has 0 radical (unpaired) electrons. The third-order valence-electron chi connectivity index (χ3n) is 5.84. The molecule has 1 aromatic rings. The van der Waals surface area contributed by atoms with Crippen LogP contribution in [-0.4, -0.2) is 71.4 Å². The Balaban J connectivity index is 1.48. The number of rotatable bonds is 5. The van der Waals surface area contributed by atoms with E-state index in [-0.39, 0.29) is 11.6 Å². The molecule has 3 rings (SSSR count). The molecule has 2 fully saturated rings. The van der Waals surface area contributed by atoms with E-state index in [0.29, 0.717) is 17.9 Å². The van der Waals surface area contributed by atoms with Crippen molar-refractivity contribution in [2.45, 2.75) is 33.1 Å².